The van der Waals surface area contributed by atoms with Crippen molar-refractivity contribution in [3.05, 3.63) is 35.5 Å². The van der Waals surface area contributed by atoms with E-state index in [1.165, 1.54) is 0 Å². The predicted molar refractivity (Wildman–Crippen MR) is 85.8 cm³/mol. The molecule has 0 aromatic carbocycles. The molecule has 0 saturated heterocycles. The molecule has 5 nitrogen and oxygen atoms in total. The molecule has 0 aliphatic carbocycles. The Morgan fingerprint density at radius 1 is 1.29 bits per heavy atom. The summed E-state index contributed by atoms with van der Waals surface area (Å²) in [5.74, 6) is 3.64. The number of hydrogen-bond acceptors (Lipinski definition) is 5. The molecule has 0 amide bonds. The first-order valence-corrected chi connectivity index (χ1v) is 7.48. The SMILES string of the molecule is CCCc1nc(NC)c(C)c(NC(C)Cc2ccco2)n1. The summed E-state index contributed by atoms with van der Waals surface area (Å²) in [6.07, 6.45) is 4.45. The number of rotatable bonds is 7. The summed E-state index contributed by atoms with van der Waals surface area (Å²) in [6, 6.07) is 4.15. The topological polar surface area (TPSA) is 63.0 Å². The molecule has 114 valence electrons. The molecule has 2 rings (SSSR count). The lowest BCUT2D eigenvalue weighted by Crippen LogP contribution is -2.20. The fraction of sp³-hybridized carbons (Fsp3) is 0.500. The van der Waals surface area contributed by atoms with Gasteiger partial charge < -0.3 is 15.1 Å². The fourth-order valence-electron chi connectivity index (χ4n) is 2.30. The maximum Gasteiger partial charge on any atom is 0.134 e. The average Bonchev–Trinajstić information content (AvgIpc) is 2.95. The first-order chi connectivity index (χ1) is 10.1. The summed E-state index contributed by atoms with van der Waals surface area (Å²) < 4.78 is 5.39. The number of aryl methyl sites for hydroxylation is 1. The molecule has 2 N–H and O–H groups in total. The molecule has 0 spiro atoms. The Morgan fingerprint density at radius 3 is 2.67 bits per heavy atom. The number of aromatic nitrogens is 2. The van der Waals surface area contributed by atoms with Crippen molar-refractivity contribution in [3.8, 4) is 0 Å². The molecular formula is C16H24N4O. The minimum absolute atomic E-state index is 0.240. The predicted octanol–water partition coefficient (Wildman–Crippen LogP) is 3.42. The van der Waals surface area contributed by atoms with E-state index in [1.54, 1.807) is 6.26 Å². The zero-order valence-corrected chi connectivity index (χ0v) is 13.2. The second kappa shape index (κ2) is 7.11. The van der Waals surface area contributed by atoms with Crippen molar-refractivity contribution < 1.29 is 4.42 Å². The van der Waals surface area contributed by atoms with Gasteiger partial charge in [-0.3, -0.25) is 0 Å². The summed E-state index contributed by atoms with van der Waals surface area (Å²) in [5.41, 5.74) is 1.05. The number of furan rings is 1. The molecule has 2 aromatic heterocycles. The normalized spacial score (nSPS) is 12.2. The van der Waals surface area contributed by atoms with Gasteiger partial charge in [0, 0.05) is 31.5 Å². The molecule has 0 saturated carbocycles. The van der Waals surface area contributed by atoms with E-state index in [2.05, 4.69) is 34.4 Å². The lowest BCUT2D eigenvalue weighted by Gasteiger charge is -2.17. The van der Waals surface area contributed by atoms with E-state index in [0.29, 0.717) is 0 Å². The second-order valence-corrected chi connectivity index (χ2v) is 5.29. The van der Waals surface area contributed by atoms with Crippen molar-refractivity contribution in [3.63, 3.8) is 0 Å². The Morgan fingerprint density at radius 2 is 2.05 bits per heavy atom. The monoisotopic (exact) mass is 288 g/mol. The van der Waals surface area contributed by atoms with Crippen molar-refractivity contribution in [1.82, 2.24) is 9.97 Å². The molecule has 21 heavy (non-hydrogen) atoms. The molecule has 0 radical (unpaired) electrons. The van der Waals surface area contributed by atoms with Crippen molar-refractivity contribution >= 4 is 11.6 Å². The highest BCUT2D eigenvalue weighted by molar-refractivity contribution is 5.57. The van der Waals surface area contributed by atoms with E-state index in [1.807, 2.05) is 26.1 Å². The lowest BCUT2D eigenvalue weighted by atomic mass is 10.2. The van der Waals surface area contributed by atoms with E-state index >= 15 is 0 Å². The van der Waals surface area contributed by atoms with Crippen LogP contribution in [0.3, 0.4) is 0 Å². The summed E-state index contributed by atoms with van der Waals surface area (Å²) >= 11 is 0. The van der Waals surface area contributed by atoms with E-state index in [0.717, 1.165) is 48.0 Å². The number of hydrogen-bond donors (Lipinski definition) is 2. The van der Waals surface area contributed by atoms with Crippen LogP contribution in [0.4, 0.5) is 11.6 Å². The second-order valence-electron chi connectivity index (χ2n) is 5.29. The van der Waals surface area contributed by atoms with E-state index in [4.69, 9.17) is 4.42 Å². The summed E-state index contributed by atoms with van der Waals surface area (Å²) in [7, 11) is 1.89. The van der Waals surface area contributed by atoms with Crippen LogP contribution in [-0.4, -0.2) is 23.1 Å². The van der Waals surface area contributed by atoms with Gasteiger partial charge in [0.15, 0.2) is 0 Å². The molecule has 2 aromatic rings. The largest absolute Gasteiger partial charge is 0.469 e. The maximum atomic E-state index is 5.39. The Labute approximate surface area is 126 Å². The lowest BCUT2D eigenvalue weighted by molar-refractivity contribution is 0.497. The van der Waals surface area contributed by atoms with Crippen LogP contribution in [-0.2, 0) is 12.8 Å². The van der Waals surface area contributed by atoms with Gasteiger partial charge in [0.1, 0.15) is 23.2 Å². The zero-order chi connectivity index (χ0) is 15.2. The van der Waals surface area contributed by atoms with Crippen LogP contribution in [0.1, 0.15) is 37.4 Å². The summed E-state index contributed by atoms with van der Waals surface area (Å²) in [4.78, 5) is 9.19. The molecule has 2 heterocycles. The smallest absolute Gasteiger partial charge is 0.134 e. The van der Waals surface area contributed by atoms with Gasteiger partial charge in [0.05, 0.1) is 6.26 Å². The molecule has 0 aliphatic heterocycles. The third-order valence-corrected chi connectivity index (χ3v) is 3.37. The molecule has 0 aliphatic rings. The Balaban J connectivity index is 2.15. The minimum atomic E-state index is 0.240. The van der Waals surface area contributed by atoms with Crippen LogP contribution >= 0.6 is 0 Å². The first kappa shape index (κ1) is 15.4. The van der Waals surface area contributed by atoms with Crippen LogP contribution < -0.4 is 10.6 Å². The van der Waals surface area contributed by atoms with Gasteiger partial charge in [0.25, 0.3) is 0 Å². The average molecular weight is 288 g/mol. The number of nitrogens with zero attached hydrogens (tertiary/aromatic N) is 2. The van der Waals surface area contributed by atoms with Gasteiger partial charge in [0.2, 0.25) is 0 Å². The Kier molecular flexibility index (Phi) is 5.20. The van der Waals surface area contributed by atoms with E-state index < -0.39 is 0 Å². The molecule has 0 fully saturated rings. The Bertz CT molecular complexity index is 566. The van der Waals surface area contributed by atoms with Gasteiger partial charge in [-0.1, -0.05) is 6.92 Å². The van der Waals surface area contributed by atoms with Gasteiger partial charge in [-0.15, -0.1) is 0 Å². The van der Waals surface area contributed by atoms with E-state index in [9.17, 15) is 0 Å². The van der Waals surface area contributed by atoms with Gasteiger partial charge in [-0.2, -0.15) is 0 Å². The van der Waals surface area contributed by atoms with Crippen molar-refractivity contribution in [1.29, 1.82) is 0 Å². The minimum Gasteiger partial charge on any atom is -0.469 e. The van der Waals surface area contributed by atoms with E-state index in [-0.39, 0.29) is 6.04 Å². The number of anilines is 2. The van der Waals surface area contributed by atoms with Crippen LogP contribution in [0.25, 0.3) is 0 Å². The third kappa shape index (κ3) is 3.97. The van der Waals surface area contributed by atoms with Gasteiger partial charge in [-0.25, -0.2) is 9.97 Å². The van der Waals surface area contributed by atoms with Crippen molar-refractivity contribution in [2.45, 2.75) is 46.1 Å². The number of nitrogens with one attached hydrogen (secondary N) is 2. The quantitative estimate of drug-likeness (QED) is 0.817. The zero-order valence-electron chi connectivity index (χ0n) is 13.2. The molecule has 5 heteroatoms. The third-order valence-electron chi connectivity index (χ3n) is 3.37. The standard InChI is InChI=1S/C16H24N4O/c1-5-7-14-19-15(17-4)12(3)16(20-14)18-11(2)10-13-8-6-9-21-13/h6,8-9,11H,5,7,10H2,1-4H3,(H2,17,18,19,20). The van der Waals surface area contributed by atoms with Crippen LogP contribution in [0.2, 0.25) is 0 Å². The highest BCUT2D eigenvalue weighted by atomic mass is 16.3. The van der Waals surface area contributed by atoms with Crippen LogP contribution in [0.15, 0.2) is 22.8 Å². The van der Waals surface area contributed by atoms with Crippen LogP contribution in [0, 0.1) is 6.92 Å². The van der Waals surface area contributed by atoms with Gasteiger partial charge in [-0.05, 0) is 32.4 Å². The van der Waals surface area contributed by atoms with Crippen LogP contribution in [0.5, 0.6) is 0 Å². The van der Waals surface area contributed by atoms with Gasteiger partial charge >= 0.3 is 0 Å². The summed E-state index contributed by atoms with van der Waals surface area (Å²) in [5, 5.41) is 6.61. The fourth-order valence-corrected chi connectivity index (χ4v) is 2.30. The van der Waals surface area contributed by atoms with Crippen molar-refractivity contribution in [2.24, 2.45) is 0 Å². The highest BCUT2D eigenvalue weighted by Crippen LogP contribution is 2.21. The molecule has 1 unspecified atom stereocenters. The molecular weight excluding hydrogens is 264 g/mol. The molecule has 0 bridgehead atoms. The maximum absolute atomic E-state index is 5.39. The summed E-state index contributed by atoms with van der Waals surface area (Å²) in [6.45, 7) is 6.29. The van der Waals surface area contributed by atoms with Crippen molar-refractivity contribution in [2.75, 3.05) is 17.7 Å². The molecule has 1 atom stereocenters. The Hall–Kier alpha value is -2.04. The first-order valence-electron chi connectivity index (χ1n) is 7.48. The highest BCUT2D eigenvalue weighted by Gasteiger charge is 2.13.